The predicted molar refractivity (Wildman–Crippen MR) is 90.7 cm³/mol. The average molecular weight is 345 g/mol. The lowest BCUT2D eigenvalue weighted by Crippen LogP contribution is -2.28. The third kappa shape index (κ3) is 2.92. The van der Waals surface area contributed by atoms with Gasteiger partial charge in [-0.25, -0.2) is 4.98 Å². The molecule has 2 heterocycles. The summed E-state index contributed by atoms with van der Waals surface area (Å²) in [6, 6.07) is 7.24. The molecule has 0 atom stereocenters. The van der Waals surface area contributed by atoms with Crippen molar-refractivity contribution in [2.75, 3.05) is 7.05 Å². The maximum absolute atomic E-state index is 12.9. The summed E-state index contributed by atoms with van der Waals surface area (Å²) in [6.07, 6.45) is 3.54. The average Bonchev–Trinajstić information content (AvgIpc) is 3.13. The molecule has 6 nitrogen and oxygen atoms in total. The Hall–Kier alpha value is -2.60. The zero-order valence-corrected chi connectivity index (χ0v) is 14.4. The molecule has 0 radical (unpaired) electrons. The van der Waals surface area contributed by atoms with Gasteiger partial charge in [0.2, 0.25) is 0 Å². The maximum Gasteiger partial charge on any atom is 0.259 e. The van der Waals surface area contributed by atoms with E-state index in [1.54, 1.807) is 31.1 Å². The Kier molecular flexibility index (Phi) is 4.40. The molecule has 3 aromatic rings. The summed E-state index contributed by atoms with van der Waals surface area (Å²) in [4.78, 5) is 18.7. The van der Waals surface area contributed by atoms with Crippen molar-refractivity contribution in [2.45, 2.75) is 13.5 Å². The van der Waals surface area contributed by atoms with Crippen LogP contribution in [0.25, 0.3) is 11.3 Å². The van der Waals surface area contributed by atoms with E-state index in [2.05, 4.69) is 10.1 Å². The molecule has 0 bridgehead atoms. The highest BCUT2D eigenvalue weighted by molar-refractivity contribution is 6.33. The minimum atomic E-state index is -0.188. The number of aryl methyl sites for hydroxylation is 2. The van der Waals surface area contributed by atoms with E-state index in [9.17, 15) is 4.79 Å². The summed E-state index contributed by atoms with van der Waals surface area (Å²) in [6.45, 7) is 2.10. The lowest BCUT2D eigenvalue weighted by atomic mass is 10.1. The van der Waals surface area contributed by atoms with Crippen LogP contribution in [-0.4, -0.2) is 32.6 Å². The molecule has 0 saturated heterocycles. The van der Waals surface area contributed by atoms with Crippen LogP contribution in [0.4, 0.5) is 0 Å². The van der Waals surface area contributed by atoms with E-state index in [0.717, 1.165) is 5.82 Å². The Labute approximate surface area is 144 Å². The molecule has 0 fully saturated rings. The van der Waals surface area contributed by atoms with Crippen molar-refractivity contribution in [2.24, 2.45) is 7.05 Å². The molecule has 7 heteroatoms. The number of rotatable bonds is 4. The highest BCUT2D eigenvalue weighted by Crippen LogP contribution is 2.31. The van der Waals surface area contributed by atoms with Crippen LogP contribution in [-0.2, 0) is 13.6 Å². The third-order valence-corrected chi connectivity index (χ3v) is 4.18. The summed E-state index contributed by atoms with van der Waals surface area (Å²) >= 11 is 6.24. The molecule has 2 aromatic heterocycles. The SMILES string of the molecule is Cc1onc(-c2ccccc2Cl)c1C(=O)N(C)Cc1nccn1C. The first-order chi connectivity index (χ1) is 11.5. The van der Waals surface area contributed by atoms with Gasteiger partial charge in [0.25, 0.3) is 5.91 Å². The van der Waals surface area contributed by atoms with Crippen LogP contribution in [0.2, 0.25) is 5.02 Å². The van der Waals surface area contributed by atoms with Gasteiger partial charge in [-0.3, -0.25) is 4.79 Å². The van der Waals surface area contributed by atoms with Crippen molar-refractivity contribution in [3.63, 3.8) is 0 Å². The Morgan fingerprint density at radius 1 is 1.38 bits per heavy atom. The molecule has 0 unspecified atom stereocenters. The number of amides is 1. The number of hydrogen-bond acceptors (Lipinski definition) is 4. The van der Waals surface area contributed by atoms with E-state index < -0.39 is 0 Å². The predicted octanol–water partition coefficient (Wildman–Crippen LogP) is 3.31. The lowest BCUT2D eigenvalue weighted by Gasteiger charge is -2.17. The van der Waals surface area contributed by atoms with Crippen molar-refractivity contribution < 1.29 is 9.32 Å². The Balaban J connectivity index is 1.95. The first-order valence-electron chi connectivity index (χ1n) is 7.42. The summed E-state index contributed by atoms with van der Waals surface area (Å²) in [5, 5.41) is 4.56. The van der Waals surface area contributed by atoms with Gasteiger partial charge in [-0.15, -0.1) is 0 Å². The van der Waals surface area contributed by atoms with Crippen LogP contribution in [0.3, 0.4) is 0 Å². The molecule has 3 rings (SSSR count). The van der Waals surface area contributed by atoms with Gasteiger partial charge in [0.15, 0.2) is 0 Å². The maximum atomic E-state index is 12.9. The first-order valence-corrected chi connectivity index (χ1v) is 7.79. The Morgan fingerprint density at radius 3 is 2.79 bits per heavy atom. The third-order valence-electron chi connectivity index (χ3n) is 3.85. The number of carbonyl (C=O) groups excluding carboxylic acids is 1. The molecule has 0 N–H and O–H groups in total. The topological polar surface area (TPSA) is 64.2 Å². The molecular formula is C17H17ClN4O2. The normalized spacial score (nSPS) is 10.8. The van der Waals surface area contributed by atoms with Crippen LogP contribution in [0, 0.1) is 6.92 Å². The molecule has 0 aliphatic rings. The van der Waals surface area contributed by atoms with Gasteiger partial charge in [0.1, 0.15) is 22.8 Å². The van der Waals surface area contributed by atoms with Gasteiger partial charge >= 0.3 is 0 Å². The summed E-state index contributed by atoms with van der Waals surface area (Å²) in [5.41, 5.74) is 1.54. The zero-order chi connectivity index (χ0) is 17.3. The summed E-state index contributed by atoms with van der Waals surface area (Å²) < 4.78 is 7.13. The van der Waals surface area contributed by atoms with Gasteiger partial charge in [-0.2, -0.15) is 0 Å². The minimum absolute atomic E-state index is 0.188. The number of halogens is 1. The van der Waals surface area contributed by atoms with E-state index >= 15 is 0 Å². The second-order valence-corrected chi connectivity index (χ2v) is 5.97. The van der Waals surface area contributed by atoms with Crippen LogP contribution in [0.1, 0.15) is 21.9 Å². The van der Waals surface area contributed by atoms with Gasteiger partial charge in [-0.1, -0.05) is 35.0 Å². The Bertz CT molecular complexity index is 884. The van der Waals surface area contributed by atoms with Crippen molar-refractivity contribution in [3.05, 3.63) is 58.8 Å². The smallest absolute Gasteiger partial charge is 0.259 e. The van der Waals surface area contributed by atoms with Crippen LogP contribution in [0.15, 0.2) is 41.2 Å². The first kappa shape index (κ1) is 16.3. The number of hydrogen-bond donors (Lipinski definition) is 0. The molecule has 0 spiro atoms. The molecular weight excluding hydrogens is 328 g/mol. The molecule has 124 valence electrons. The number of nitrogens with zero attached hydrogens (tertiary/aromatic N) is 4. The van der Waals surface area contributed by atoms with Crippen molar-refractivity contribution in [1.82, 2.24) is 19.6 Å². The fourth-order valence-electron chi connectivity index (χ4n) is 2.48. The van der Waals surface area contributed by atoms with Crippen LogP contribution in [0.5, 0.6) is 0 Å². The molecule has 0 aliphatic heterocycles. The van der Waals surface area contributed by atoms with E-state index in [-0.39, 0.29) is 5.91 Å². The largest absolute Gasteiger partial charge is 0.360 e. The number of aromatic nitrogens is 3. The molecule has 1 amide bonds. The van der Waals surface area contributed by atoms with Gasteiger partial charge in [0, 0.05) is 32.1 Å². The second kappa shape index (κ2) is 6.49. The summed E-state index contributed by atoms with van der Waals surface area (Å²) in [7, 11) is 3.61. The highest BCUT2D eigenvalue weighted by Gasteiger charge is 2.26. The van der Waals surface area contributed by atoms with Gasteiger partial charge in [-0.05, 0) is 13.0 Å². The van der Waals surface area contributed by atoms with Crippen LogP contribution >= 0.6 is 11.6 Å². The molecule has 1 aromatic carbocycles. The van der Waals surface area contributed by atoms with Gasteiger partial charge < -0.3 is 14.0 Å². The Morgan fingerprint density at radius 2 is 2.12 bits per heavy atom. The fraction of sp³-hybridized carbons (Fsp3) is 0.235. The quantitative estimate of drug-likeness (QED) is 0.728. The monoisotopic (exact) mass is 344 g/mol. The van der Waals surface area contributed by atoms with E-state index in [4.69, 9.17) is 16.1 Å². The minimum Gasteiger partial charge on any atom is -0.360 e. The van der Waals surface area contributed by atoms with E-state index in [1.165, 1.54) is 0 Å². The van der Waals surface area contributed by atoms with Gasteiger partial charge in [0.05, 0.1) is 11.6 Å². The zero-order valence-electron chi connectivity index (χ0n) is 13.7. The number of imidazole rings is 1. The number of carbonyl (C=O) groups is 1. The van der Waals surface area contributed by atoms with Crippen molar-refractivity contribution in [1.29, 1.82) is 0 Å². The van der Waals surface area contributed by atoms with E-state index in [1.807, 2.05) is 36.0 Å². The van der Waals surface area contributed by atoms with Crippen molar-refractivity contribution >= 4 is 17.5 Å². The number of benzene rings is 1. The molecule has 0 saturated carbocycles. The fourth-order valence-corrected chi connectivity index (χ4v) is 2.71. The molecule has 0 aliphatic carbocycles. The van der Waals surface area contributed by atoms with Crippen LogP contribution < -0.4 is 0 Å². The summed E-state index contributed by atoms with van der Waals surface area (Å²) in [5.74, 6) is 1.06. The standard InChI is InChI=1S/C17H17ClN4O2/c1-11-15(16(20-24-11)12-6-4-5-7-13(12)18)17(23)22(3)10-14-19-8-9-21(14)2/h4-9H,10H2,1-3H3. The van der Waals surface area contributed by atoms with Crippen molar-refractivity contribution in [3.8, 4) is 11.3 Å². The lowest BCUT2D eigenvalue weighted by molar-refractivity contribution is 0.0779. The second-order valence-electron chi connectivity index (χ2n) is 5.56. The van der Waals surface area contributed by atoms with E-state index in [0.29, 0.717) is 34.1 Å². The highest BCUT2D eigenvalue weighted by atomic mass is 35.5. The molecule has 24 heavy (non-hydrogen) atoms.